The minimum absolute atomic E-state index is 0.0890. The van der Waals surface area contributed by atoms with Crippen molar-refractivity contribution in [3.63, 3.8) is 0 Å². The molecule has 0 spiro atoms. The molecule has 7 rings (SSSR count). The number of carbonyl (C=O) groups excluding carboxylic acids is 2. The van der Waals surface area contributed by atoms with Crippen LogP contribution in [0, 0.1) is 5.92 Å². The summed E-state index contributed by atoms with van der Waals surface area (Å²) in [6.07, 6.45) is 1.92. The van der Waals surface area contributed by atoms with Crippen LogP contribution in [-0.2, 0) is 34.8 Å². The molecule has 4 aliphatic heterocycles. The molecule has 226 valence electrons. The van der Waals surface area contributed by atoms with E-state index >= 15 is 0 Å². The molecule has 1 N–H and O–H groups in total. The fourth-order valence-electron chi connectivity index (χ4n) is 6.86. The number of hydrogen-bond donors (Lipinski definition) is 1. The molecule has 1 amide bonds. The van der Waals surface area contributed by atoms with Gasteiger partial charge in [0.25, 0.3) is 5.56 Å². The molecule has 0 aliphatic carbocycles. The lowest BCUT2D eigenvalue weighted by Gasteiger charge is -2.42. The van der Waals surface area contributed by atoms with Crippen LogP contribution < -0.4 is 10.3 Å². The quantitative estimate of drug-likeness (QED) is 0.263. The number of hydrogen-bond acceptors (Lipinski definition) is 10. The van der Waals surface area contributed by atoms with Gasteiger partial charge in [-0.25, -0.2) is 14.6 Å². The maximum absolute atomic E-state index is 13.6. The average molecular weight is 623 g/mol. The number of rotatable bonds is 4. The minimum atomic E-state index is -1.87. The number of piperidine rings is 1. The molecule has 0 saturated carbocycles. The number of aliphatic hydroxyl groups is 1. The lowest BCUT2D eigenvalue weighted by Crippen LogP contribution is -2.52. The molecular weight excluding hydrogens is 588 g/mol. The van der Waals surface area contributed by atoms with Crippen LogP contribution in [0.25, 0.3) is 22.3 Å². The summed E-state index contributed by atoms with van der Waals surface area (Å²) >= 11 is 0. The van der Waals surface area contributed by atoms with Crippen LogP contribution in [0.5, 0.6) is 5.75 Å². The maximum atomic E-state index is 13.6. The molecule has 10 nitrogen and oxygen atoms in total. The summed E-state index contributed by atoms with van der Waals surface area (Å²) in [7, 11) is 7.66. The van der Waals surface area contributed by atoms with E-state index < -0.39 is 11.6 Å². The van der Waals surface area contributed by atoms with E-state index in [2.05, 4.69) is 0 Å². The van der Waals surface area contributed by atoms with Gasteiger partial charge in [-0.3, -0.25) is 4.79 Å². The number of cyclic esters (lactones) is 1. The summed E-state index contributed by atoms with van der Waals surface area (Å²) in [5, 5.41) is 12.0. The smallest absolute Gasteiger partial charge is 0.415 e. The van der Waals surface area contributed by atoms with Gasteiger partial charge in [-0.1, -0.05) is 28.5 Å². The molecule has 4 aliphatic rings. The Hall–Kier alpha value is -3.06. The number of pyridine rings is 2. The Balaban J connectivity index is 1.28. The molecule has 12 heteroatoms. The van der Waals surface area contributed by atoms with Gasteiger partial charge in [-0.05, 0) is 63.5 Å². The number of benzene rings is 1. The normalized spacial score (nSPS) is 24.3. The second-order valence-corrected chi connectivity index (χ2v) is 14.6. The van der Waals surface area contributed by atoms with Crippen molar-refractivity contribution in [2.75, 3.05) is 32.1 Å². The van der Waals surface area contributed by atoms with Crippen LogP contribution in [-0.4, -0.2) is 74.7 Å². The standard InChI is InChI=1S/C31H34N4O6S2/c1-4-31(39)22-11-24-27-18(12-35(24)28(36)21(22)14-40-29(31)37)10-19-20(13-33(2)3)26(8-7-23(19)32-27)41-30(38)34-9-5-6-17-15-42-43-16-25(17)34/h7-8,10-11,17,25,39H,4-6,9,12-16H2,1-3H3/t17?,25?,31-/m0/s1. The predicted octanol–water partition coefficient (Wildman–Crippen LogP) is 4.12. The second-order valence-electron chi connectivity index (χ2n) is 12.0. The third-order valence-corrected chi connectivity index (χ3v) is 11.7. The highest BCUT2D eigenvalue weighted by atomic mass is 33.1. The Morgan fingerprint density at radius 2 is 2.05 bits per heavy atom. The molecule has 2 saturated heterocycles. The largest absolute Gasteiger partial charge is 0.458 e. The minimum Gasteiger partial charge on any atom is -0.458 e. The molecule has 43 heavy (non-hydrogen) atoms. The van der Waals surface area contributed by atoms with Crippen molar-refractivity contribution in [3.8, 4) is 17.1 Å². The van der Waals surface area contributed by atoms with Crippen LogP contribution in [0.4, 0.5) is 4.79 Å². The van der Waals surface area contributed by atoms with Gasteiger partial charge in [0.05, 0.1) is 29.0 Å². The summed E-state index contributed by atoms with van der Waals surface area (Å²) in [5.41, 5.74) is 2.03. The third-order valence-electron chi connectivity index (χ3n) is 9.19. The van der Waals surface area contributed by atoms with Crippen molar-refractivity contribution in [2.24, 2.45) is 5.92 Å². The number of carbonyl (C=O) groups is 2. The van der Waals surface area contributed by atoms with E-state index in [-0.39, 0.29) is 30.7 Å². The van der Waals surface area contributed by atoms with Gasteiger partial charge in [-0.15, -0.1) is 0 Å². The molecule has 2 fully saturated rings. The molecule has 2 aromatic heterocycles. The lowest BCUT2D eigenvalue weighted by atomic mass is 9.86. The van der Waals surface area contributed by atoms with Crippen molar-refractivity contribution >= 4 is 44.6 Å². The lowest BCUT2D eigenvalue weighted by molar-refractivity contribution is -0.172. The molecule has 3 atom stereocenters. The Kier molecular flexibility index (Phi) is 7.23. The van der Waals surface area contributed by atoms with E-state index in [0.717, 1.165) is 40.9 Å². The van der Waals surface area contributed by atoms with Gasteiger partial charge in [0.15, 0.2) is 5.60 Å². The fourth-order valence-corrected chi connectivity index (χ4v) is 9.72. The summed E-state index contributed by atoms with van der Waals surface area (Å²) < 4.78 is 13.0. The van der Waals surface area contributed by atoms with Crippen LogP contribution in [0.2, 0.25) is 0 Å². The van der Waals surface area contributed by atoms with Crippen molar-refractivity contribution in [1.82, 2.24) is 19.4 Å². The summed E-state index contributed by atoms with van der Waals surface area (Å²) in [6, 6.07) is 7.60. The highest BCUT2D eigenvalue weighted by Crippen LogP contribution is 2.42. The Bertz CT molecular complexity index is 1720. The van der Waals surface area contributed by atoms with E-state index in [0.29, 0.717) is 59.3 Å². The van der Waals surface area contributed by atoms with Crippen LogP contribution in [0.15, 0.2) is 29.1 Å². The molecular formula is C31H34N4O6S2. The second kappa shape index (κ2) is 10.8. The SMILES string of the molecule is CC[C@@]1(O)C(=O)OCc2c1cc1n(c2=O)Cc2cc3c(CN(C)C)c(OC(=O)N4CCCC5CSSCC54)ccc3nc2-1. The first kappa shape index (κ1) is 28.7. The topological polar surface area (TPSA) is 114 Å². The van der Waals surface area contributed by atoms with Crippen LogP contribution in [0.3, 0.4) is 0 Å². The molecule has 1 aromatic carbocycles. The Morgan fingerprint density at radius 1 is 1.23 bits per heavy atom. The van der Waals surface area contributed by atoms with E-state index in [1.165, 1.54) is 0 Å². The number of amides is 1. The highest BCUT2D eigenvalue weighted by molar-refractivity contribution is 8.76. The number of ether oxygens (including phenoxy) is 2. The zero-order valence-electron chi connectivity index (χ0n) is 24.4. The van der Waals surface area contributed by atoms with E-state index in [1.807, 2.05) is 63.7 Å². The van der Waals surface area contributed by atoms with Crippen molar-refractivity contribution in [1.29, 1.82) is 0 Å². The van der Waals surface area contributed by atoms with E-state index in [1.54, 1.807) is 17.6 Å². The molecule has 0 radical (unpaired) electrons. The van der Waals surface area contributed by atoms with Gasteiger partial charge in [0, 0.05) is 52.7 Å². The zero-order valence-corrected chi connectivity index (χ0v) is 26.1. The molecule has 2 unspecified atom stereocenters. The van der Waals surface area contributed by atoms with Crippen LogP contribution in [0.1, 0.15) is 48.4 Å². The monoisotopic (exact) mass is 622 g/mol. The number of aromatic nitrogens is 2. The van der Waals surface area contributed by atoms with Crippen LogP contribution >= 0.6 is 21.6 Å². The van der Waals surface area contributed by atoms with Gasteiger partial charge in [0.2, 0.25) is 0 Å². The number of fused-ring (bicyclic) bond motifs is 6. The molecule has 6 heterocycles. The number of esters is 1. The van der Waals surface area contributed by atoms with Gasteiger partial charge >= 0.3 is 12.1 Å². The Labute approximate surface area is 257 Å². The first-order valence-electron chi connectivity index (χ1n) is 14.7. The van der Waals surface area contributed by atoms with Gasteiger partial charge in [0.1, 0.15) is 12.4 Å². The molecule has 3 aromatic rings. The summed E-state index contributed by atoms with van der Waals surface area (Å²) in [4.78, 5) is 48.6. The first-order valence-corrected chi connectivity index (χ1v) is 17.2. The predicted molar refractivity (Wildman–Crippen MR) is 166 cm³/mol. The van der Waals surface area contributed by atoms with E-state index in [9.17, 15) is 19.5 Å². The highest BCUT2D eigenvalue weighted by Gasteiger charge is 2.45. The number of likely N-dealkylation sites (tertiary alicyclic amines) is 1. The van der Waals surface area contributed by atoms with Gasteiger partial charge in [-0.2, -0.15) is 0 Å². The summed E-state index contributed by atoms with van der Waals surface area (Å²) in [6.45, 7) is 3.06. The molecule has 0 bridgehead atoms. The average Bonchev–Trinajstić information content (AvgIpc) is 3.37. The zero-order chi connectivity index (χ0) is 30.0. The first-order chi connectivity index (χ1) is 20.7. The Morgan fingerprint density at radius 3 is 2.84 bits per heavy atom. The van der Waals surface area contributed by atoms with E-state index in [4.69, 9.17) is 14.5 Å². The van der Waals surface area contributed by atoms with Gasteiger partial charge < -0.3 is 28.9 Å². The van der Waals surface area contributed by atoms with Crippen molar-refractivity contribution in [2.45, 2.75) is 57.5 Å². The maximum Gasteiger partial charge on any atom is 0.415 e. The third kappa shape index (κ3) is 4.65. The fraction of sp³-hybridized carbons (Fsp3) is 0.484. The van der Waals surface area contributed by atoms with Crippen molar-refractivity contribution < 1.29 is 24.2 Å². The summed E-state index contributed by atoms with van der Waals surface area (Å²) in [5.74, 6) is 2.26. The number of nitrogens with zero attached hydrogens (tertiary/aromatic N) is 4. The van der Waals surface area contributed by atoms with Crippen molar-refractivity contribution in [3.05, 3.63) is 56.9 Å².